The third-order valence-electron chi connectivity index (χ3n) is 5.73. The normalized spacial score (nSPS) is 22.6. The van der Waals surface area contributed by atoms with Gasteiger partial charge in [-0.1, -0.05) is 38.8 Å². The summed E-state index contributed by atoms with van der Waals surface area (Å²) in [5.41, 5.74) is 7.72. The largest absolute Gasteiger partial charge is 0.349 e. The molecule has 1 aliphatic heterocycles. The van der Waals surface area contributed by atoms with Gasteiger partial charge in [0.15, 0.2) is 0 Å². The summed E-state index contributed by atoms with van der Waals surface area (Å²) in [6.45, 7) is 5.33. The number of carbonyl (C=O) groups excluding carboxylic acids is 2. The highest BCUT2D eigenvalue weighted by Gasteiger charge is 2.41. The average Bonchev–Trinajstić information content (AvgIpc) is 3.22. The summed E-state index contributed by atoms with van der Waals surface area (Å²) in [4.78, 5) is 27.2. The van der Waals surface area contributed by atoms with Gasteiger partial charge in [0.2, 0.25) is 11.8 Å². The second-order valence-electron chi connectivity index (χ2n) is 7.76. The minimum atomic E-state index is -0.589. The molecule has 1 aromatic carbocycles. The Morgan fingerprint density at radius 2 is 1.92 bits per heavy atom. The lowest BCUT2D eigenvalue weighted by atomic mass is 9.96. The lowest BCUT2D eigenvalue weighted by Crippen LogP contribution is -2.54. The van der Waals surface area contributed by atoms with Crippen molar-refractivity contribution >= 4 is 17.5 Å². The molecule has 0 spiro atoms. The highest BCUT2D eigenvalue weighted by Crippen LogP contribution is 2.31. The van der Waals surface area contributed by atoms with Crippen molar-refractivity contribution in [2.24, 2.45) is 11.7 Å². The monoisotopic (exact) mass is 343 g/mol. The molecule has 1 aliphatic carbocycles. The second kappa shape index (κ2) is 7.16. The van der Waals surface area contributed by atoms with Crippen molar-refractivity contribution in [3.8, 4) is 0 Å². The number of hydrogen-bond acceptors (Lipinski definition) is 3. The van der Waals surface area contributed by atoms with Crippen LogP contribution in [0.2, 0.25) is 0 Å². The van der Waals surface area contributed by atoms with Crippen molar-refractivity contribution in [2.75, 3.05) is 18.0 Å². The molecule has 1 saturated carbocycles. The smallest absolute Gasteiger partial charge is 0.239 e. The summed E-state index contributed by atoms with van der Waals surface area (Å²) in [6.07, 6.45) is 4.57. The van der Waals surface area contributed by atoms with E-state index >= 15 is 0 Å². The first-order valence-electron chi connectivity index (χ1n) is 9.39. The van der Waals surface area contributed by atoms with Crippen LogP contribution in [-0.4, -0.2) is 30.4 Å². The third kappa shape index (κ3) is 3.56. The molecular weight excluding hydrogens is 314 g/mol. The van der Waals surface area contributed by atoms with Gasteiger partial charge >= 0.3 is 0 Å². The van der Waals surface area contributed by atoms with Crippen LogP contribution < -0.4 is 16.0 Å². The summed E-state index contributed by atoms with van der Waals surface area (Å²) >= 11 is 0. The number of carbonyl (C=O) groups is 2. The summed E-state index contributed by atoms with van der Waals surface area (Å²) in [5, 5.41) is 3.10. The van der Waals surface area contributed by atoms with Crippen molar-refractivity contribution in [1.82, 2.24) is 5.32 Å². The van der Waals surface area contributed by atoms with Crippen molar-refractivity contribution < 1.29 is 9.59 Å². The fourth-order valence-electron chi connectivity index (χ4n) is 4.00. The number of amides is 2. The minimum absolute atomic E-state index is 0.0973. The number of rotatable bonds is 5. The van der Waals surface area contributed by atoms with Gasteiger partial charge in [0.25, 0.3) is 0 Å². The molecule has 5 nitrogen and oxygen atoms in total. The van der Waals surface area contributed by atoms with Crippen LogP contribution in [0.15, 0.2) is 24.3 Å². The lowest BCUT2D eigenvalue weighted by Gasteiger charge is -2.29. The van der Waals surface area contributed by atoms with Gasteiger partial charge in [-0.05, 0) is 42.9 Å². The fraction of sp³-hybridized carbons (Fsp3) is 0.600. The molecule has 2 amide bonds. The van der Waals surface area contributed by atoms with E-state index in [1.807, 2.05) is 12.1 Å². The molecule has 1 heterocycles. The Morgan fingerprint density at radius 1 is 1.28 bits per heavy atom. The Kier molecular flexibility index (Phi) is 5.13. The molecule has 25 heavy (non-hydrogen) atoms. The summed E-state index contributed by atoms with van der Waals surface area (Å²) < 4.78 is 0. The van der Waals surface area contributed by atoms with E-state index in [0.717, 1.165) is 31.4 Å². The zero-order chi connectivity index (χ0) is 18.0. The number of benzene rings is 1. The van der Waals surface area contributed by atoms with Crippen LogP contribution in [0.4, 0.5) is 5.69 Å². The highest BCUT2D eigenvalue weighted by molar-refractivity contribution is 6.09. The van der Waals surface area contributed by atoms with E-state index in [9.17, 15) is 9.59 Å². The number of anilines is 1. The van der Waals surface area contributed by atoms with E-state index in [-0.39, 0.29) is 17.4 Å². The predicted molar refractivity (Wildman–Crippen MR) is 99.4 cm³/mol. The predicted octanol–water partition coefficient (Wildman–Crippen LogP) is 2.55. The Balaban J connectivity index is 1.67. The molecule has 136 valence electrons. The Morgan fingerprint density at radius 3 is 2.48 bits per heavy atom. The van der Waals surface area contributed by atoms with Gasteiger partial charge in [-0.2, -0.15) is 0 Å². The number of nitrogens with zero attached hydrogens (tertiary/aromatic N) is 1. The maximum Gasteiger partial charge on any atom is 0.239 e. The van der Waals surface area contributed by atoms with E-state index in [1.165, 1.54) is 5.56 Å². The van der Waals surface area contributed by atoms with Crippen LogP contribution in [-0.2, 0) is 9.59 Å². The van der Waals surface area contributed by atoms with E-state index in [0.29, 0.717) is 25.4 Å². The molecule has 0 radical (unpaired) electrons. The van der Waals surface area contributed by atoms with Gasteiger partial charge in [-0.3, -0.25) is 9.59 Å². The molecule has 2 aliphatic rings. The Bertz CT molecular complexity index is 633. The van der Waals surface area contributed by atoms with Gasteiger partial charge in [-0.15, -0.1) is 0 Å². The topological polar surface area (TPSA) is 75.4 Å². The zero-order valence-electron chi connectivity index (χ0n) is 15.3. The van der Waals surface area contributed by atoms with Crippen molar-refractivity contribution in [2.45, 2.75) is 57.4 Å². The molecule has 0 bridgehead atoms. The molecule has 1 saturated heterocycles. The van der Waals surface area contributed by atoms with Crippen molar-refractivity contribution in [3.63, 3.8) is 0 Å². The average molecular weight is 343 g/mol. The molecular formula is C20H29N3O2. The molecule has 5 heteroatoms. The first kappa shape index (κ1) is 17.9. The van der Waals surface area contributed by atoms with E-state index in [1.54, 1.807) is 4.90 Å². The summed E-state index contributed by atoms with van der Waals surface area (Å²) in [5.74, 6) is -0.381. The maximum atomic E-state index is 12.8. The quantitative estimate of drug-likeness (QED) is 0.807. The van der Waals surface area contributed by atoms with Gasteiger partial charge < -0.3 is 16.0 Å². The van der Waals surface area contributed by atoms with Gasteiger partial charge in [0, 0.05) is 18.8 Å². The second-order valence-corrected chi connectivity index (χ2v) is 7.76. The van der Waals surface area contributed by atoms with Crippen LogP contribution in [0, 0.1) is 5.92 Å². The first-order chi connectivity index (χ1) is 12.0. The van der Waals surface area contributed by atoms with Crippen LogP contribution in [0.5, 0.6) is 0 Å². The SMILES string of the molecule is CC(C)c1ccc(N2CCC(C(=O)NC3(CN)CCCC3)C2=O)cc1. The molecule has 0 aromatic heterocycles. The molecule has 1 aromatic rings. The van der Waals surface area contributed by atoms with Gasteiger partial charge in [0.05, 0.1) is 5.54 Å². The number of nitrogens with two attached hydrogens (primary N) is 1. The molecule has 3 N–H and O–H groups in total. The standard InChI is InChI=1S/C20H29N3O2/c1-14(2)15-5-7-16(8-6-15)23-12-9-17(19(23)25)18(24)22-20(13-21)10-3-4-11-20/h5-8,14,17H,3-4,9-13,21H2,1-2H3,(H,22,24). The zero-order valence-corrected chi connectivity index (χ0v) is 15.3. The van der Waals surface area contributed by atoms with E-state index in [4.69, 9.17) is 5.73 Å². The van der Waals surface area contributed by atoms with Crippen LogP contribution in [0.25, 0.3) is 0 Å². The molecule has 1 unspecified atom stereocenters. The van der Waals surface area contributed by atoms with Gasteiger partial charge in [-0.25, -0.2) is 0 Å². The first-order valence-corrected chi connectivity index (χ1v) is 9.39. The number of nitrogens with one attached hydrogen (secondary N) is 1. The third-order valence-corrected chi connectivity index (χ3v) is 5.73. The molecule has 3 rings (SSSR count). The lowest BCUT2D eigenvalue weighted by molar-refractivity contribution is -0.133. The highest BCUT2D eigenvalue weighted by atomic mass is 16.2. The molecule has 1 atom stereocenters. The molecule has 2 fully saturated rings. The van der Waals surface area contributed by atoms with E-state index in [2.05, 4.69) is 31.3 Å². The number of hydrogen-bond donors (Lipinski definition) is 2. The Labute approximate surface area is 150 Å². The maximum absolute atomic E-state index is 12.8. The van der Waals surface area contributed by atoms with E-state index < -0.39 is 5.92 Å². The van der Waals surface area contributed by atoms with Crippen LogP contribution >= 0.6 is 0 Å². The van der Waals surface area contributed by atoms with Crippen molar-refractivity contribution in [3.05, 3.63) is 29.8 Å². The summed E-state index contributed by atoms with van der Waals surface area (Å²) in [7, 11) is 0. The van der Waals surface area contributed by atoms with Crippen LogP contribution in [0.1, 0.15) is 57.4 Å². The Hall–Kier alpha value is -1.88. The summed E-state index contributed by atoms with van der Waals surface area (Å²) in [6, 6.07) is 8.07. The fourth-order valence-corrected chi connectivity index (χ4v) is 4.00. The van der Waals surface area contributed by atoms with Gasteiger partial charge in [0.1, 0.15) is 5.92 Å². The minimum Gasteiger partial charge on any atom is -0.349 e. The van der Waals surface area contributed by atoms with Crippen LogP contribution in [0.3, 0.4) is 0 Å². The van der Waals surface area contributed by atoms with Crippen molar-refractivity contribution in [1.29, 1.82) is 0 Å².